The molecule has 2 aliphatic rings. The average Bonchev–Trinajstić information content (AvgIpc) is 2.82. The fraction of sp³-hybridized carbons (Fsp3) is 0.625. The first-order chi connectivity index (χ1) is 9.48. The van der Waals surface area contributed by atoms with Crippen LogP contribution in [0.15, 0.2) is 12.1 Å². The van der Waals surface area contributed by atoms with Gasteiger partial charge in [-0.25, -0.2) is 0 Å². The van der Waals surface area contributed by atoms with Crippen molar-refractivity contribution in [1.82, 2.24) is 0 Å². The second-order valence-corrected chi connectivity index (χ2v) is 6.85. The van der Waals surface area contributed by atoms with Crippen molar-refractivity contribution in [3.8, 4) is 11.5 Å². The molecule has 0 fully saturated rings. The second-order valence-electron chi connectivity index (χ2n) is 6.85. The maximum atomic E-state index is 5.54. The Kier molecular flexibility index (Phi) is 3.19. The van der Waals surface area contributed by atoms with Gasteiger partial charge in [0.25, 0.3) is 0 Å². The molecule has 1 atom stereocenters. The smallest absolute Gasteiger partial charge is 0.231 e. The van der Waals surface area contributed by atoms with Crippen LogP contribution in [0, 0.1) is 5.41 Å². The molecule has 1 aromatic carbocycles. The number of benzene rings is 1. The van der Waals surface area contributed by atoms with Gasteiger partial charge in [0, 0.05) is 31.3 Å². The third kappa shape index (κ3) is 2.39. The lowest BCUT2D eigenvalue weighted by atomic mass is 9.93. The van der Waals surface area contributed by atoms with Crippen LogP contribution in [-0.4, -0.2) is 25.9 Å². The molecule has 0 amide bonds. The summed E-state index contributed by atoms with van der Waals surface area (Å²) >= 11 is 0. The average molecular weight is 276 g/mol. The molecule has 20 heavy (non-hydrogen) atoms. The Morgan fingerprint density at radius 2 is 1.95 bits per heavy atom. The van der Waals surface area contributed by atoms with E-state index in [1.807, 2.05) is 0 Å². The summed E-state index contributed by atoms with van der Waals surface area (Å²) in [7, 11) is 0. The van der Waals surface area contributed by atoms with Crippen LogP contribution in [0.1, 0.15) is 34.1 Å². The van der Waals surface area contributed by atoms with Crippen molar-refractivity contribution in [2.75, 3.05) is 30.1 Å². The summed E-state index contributed by atoms with van der Waals surface area (Å²) in [6.07, 6.45) is 1.14. The predicted molar refractivity (Wildman–Crippen MR) is 81.9 cm³/mol. The van der Waals surface area contributed by atoms with E-state index in [1.165, 1.54) is 5.69 Å². The van der Waals surface area contributed by atoms with Crippen LogP contribution in [0.5, 0.6) is 11.5 Å². The zero-order valence-corrected chi connectivity index (χ0v) is 12.8. The van der Waals surface area contributed by atoms with Crippen molar-refractivity contribution in [3.63, 3.8) is 0 Å². The van der Waals surface area contributed by atoms with Crippen LogP contribution >= 0.6 is 0 Å². The van der Waals surface area contributed by atoms with E-state index in [1.54, 1.807) is 0 Å². The molecule has 2 aliphatic heterocycles. The molecule has 0 aliphatic carbocycles. The first-order valence-electron chi connectivity index (χ1n) is 7.42. The van der Waals surface area contributed by atoms with Crippen LogP contribution in [0.3, 0.4) is 0 Å². The van der Waals surface area contributed by atoms with Gasteiger partial charge in [0.15, 0.2) is 11.5 Å². The molecule has 0 bridgehead atoms. The molecule has 4 heteroatoms. The Labute approximate surface area is 121 Å². The summed E-state index contributed by atoms with van der Waals surface area (Å²) < 4.78 is 11.0. The number of anilines is 2. The van der Waals surface area contributed by atoms with Crippen molar-refractivity contribution in [3.05, 3.63) is 12.1 Å². The van der Waals surface area contributed by atoms with Crippen LogP contribution in [0.2, 0.25) is 0 Å². The minimum atomic E-state index is 0.262. The topological polar surface area (TPSA) is 33.7 Å². The van der Waals surface area contributed by atoms with E-state index in [0.29, 0.717) is 12.8 Å². The van der Waals surface area contributed by atoms with Gasteiger partial charge in [-0.05, 0) is 11.8 Å². The number of nitrogens with one attached hydrogen (secondary N) is 1. The van der Waals surface area contributed by atoms with Gasteiger partial charge < -0.3 is 19.7 Å². The Balaban J connectivity index is 1.99. The molecule has 0 spiro atoms. The maximum absolute atomic E-state index is 5.54. The number of hydrogen-bond donors (Lipinski definition) is 1. The third-order valence-electron chi connectivity index (χ3n) is 3.89. The molecule has 0 saturated heterocycles. The zero-order chi connectivity index (χ0) is 14.3. The summed E-state index contributed by atoms with van der Waals surface area (Å²) in [5.41, 5.74) is 2.66. The Bertz CT molecular complexity index is 508. The minimum Gasteiger partial charge on any atom is -0.454 e. The summed E-state index contributed by atoms with van der Waals surface area (Å²) in [5, 5.41) is 3.53. The van der Waals surface area contributed by atoms with Crippen molar-refractivity contribution in [1.29, 1.82) is 0 Å². The normalized spacial score (nSPS) is 20.6. The summed E-state index contributed by atoms with van der Waals surface area (Å²) in [6, 6.07) is 4.72. The van der Waals surface area contributed by atoms with Gasteiger partial charge in [-0.2, -0.15) is 0 Å². The molecule has 1 N–H and O–H groups in total. The van der Waals surface area contributed by atoms with Gasteiger partial charge in [-0.1, -0.05) is 27.7 Å². The van der Waals surface area contributed by atoms with Crippen molar-refractivity contribution in [2.45, 2.75) is 40.2 Å². The SMILES string of the molecule is CCC1CNc2cc3c(cc2N1CC(C)(C)C)OCO3. The highest BCUT2D eigenvalue weighted by Crippen LogP contribution is 2.44. The van der Waals surface area contributed by atoms with E-state index < -0.39 is 0 Å². The molecule has 3 rings (SSSR count). The Morgan fingerprint density at radius 3 is 2.60 bits per heavy atom. The molecular weight excluding hydrogens is 252 g/mol. The van der Waals surface area contributed by atoms with Crippen molar-refractivity contribution >= 4 is 11.4 Å². The summed E-state index contributed by atoms with van der Waals surface area (Å²) in [6.45, 7) is 11.5. The largest absolute Gasteiger partial charge is 0.454 e. The first-order valence-corrected chi connectivity index (χ1v) is 7.42. The lowest BCUT2D eigenvalue weighted by molar-refractivity contribution is 0.174. The first kappa shape index (κ1) is 13.4. The van der Waals surface area contributed by atoms with E-state index in [0.717, 1.165) is 36.7 Å². The highest BCUT2D eigenvalue weighted by molar-refractivity contribution is 5.77. The van der Waals surface area contributed by atoms with Gasteiger partial charge in [0.05, 0.1) is 11.4 Å². The van der Waals surface area contributed by atoms with E-state index in [-0.39, 0.29) is 5.41 Å². The third-order valence-corrected chi connectivity index (χ3v) is 3.89. The van der Waals surface area contributed by atoms with E-state index in [2.05, 4.69) is 50.0 Å². The zero-order valence-electron chi connectivity index (χ0n) is 12.8. The summed E-state index contributed by atoms with van der Waals surface area (Å²) in [5.74, 6) is 1.71. The lowest BCUT2D eigenvalue weighted by Crippen LogP contribution is -2.47. The molecule has 1 unspecified atom stereocenters. The van der Waals surface area contributed by atoms with Crippen LogP contribution in [0.4, 0.5) is 11.4 Å². The molecule has 2 heterocycles. The molecular formula is C16H24N2O2. The van der Waals surface area contributed by atoms with Gasteiger partial charge in [-0.3, -0.25) is 0 Å². The Hall–Kier alpha value is -1.58. The van der Waals surface area contributed by atoms with Crippen LogP contribution in [-0.2, 0) is 0 Å². The molecule has 0 saturated carbocycles. The van der Waals surface area contributed by atoms with Crippen LogP contribution in [0.25, 0.3) is 0 Å². The van der Waals surface area contributed by atoms with E-state index >= 15 is 0 Å². The highest BCUT2D eigenvalue weighted by atomic mass is 16.7. The van der Waals surface area contributed by atoms with Gasteiger partial charge in [0.2, 0.25) is 6.79 Å². The number of fused-ring (bicyclic) bond motifs is 2. The van der Waals surface area contributed by atoms with E-state index in [9.17, 15) is 0 Å². The maximum Gasteiger partial charge on any atom is 0.231 e. The standard InChI is InChI=1S/C16H24N2O2/c1-5-11-8-17-12-6-14-15(20-10-19-14)7-13(12)18(11)9-16(2,3)4/h6-7,11,17H,5,8-10H2,1-4H3. The molecule has 1 aromatic rings. The molecule has 110 valence electrons. The number of ether oxygens (including phenoxy) is 2. The van der Waals surface area contributed by atoms with Crippen LogP contribution < -0.4 is 19.7 Å². The van der Waals surface area contributed by atoms with E-state index in [4.69, 9.17) is 9.47 Å². The highest BCUT2D eigenvalue weighted by Gasteiger charge is 2.30. The quantitative estimate of drug-likeness (QED) is 0.896. The molecule has 0 radical (unpaired) electrons. The number of hydrogen-bond acceptors (Lipinski definition) is 4. The van der Waals surface area contributed by atoms with Gasteiger partial charge in [0.1, 0.15) is 0 Å². The molecule has 4 nitrogen and oxygen atoms in total. The van der Waals surface area contributed by atoms with Gasteiger partial charge in [-0.15, -0.1) is 0 Å². The fourth-order valence-corrected chi connectivity index (χ4v) is 2.94. The number of rotatable bonds is 2. The summed E-state index contributed by atoms with van der Waals surface area (Å²) in [4.78, 5) is 2.52. The molecule has 0 aromatic heterocycles. The van der Waals surface area contributed by atoms with Crippen molar-refractivity contribution < 1.29 is 9.47 Å². The van der Waals surface area contributed by atoms with Gasteiger partial charge >= 0.3 is 0 Å². The fourth-order valence-electron chi connectivity index (χ4n) is 2.94. The number of nitrogens with zero attached hydrogens (tertiary/aromatic N) is 1. The Morgan fingerprint density at radius 1 is 1.25 bits per heavy atom. The minimum absolute atomic E-state index is 0.262. The lowest BCUT2D eigenvalue weighted by Gasteiger charge is -2.42. The monoisotopic (exact) mass is 276 g/mol. The van der Waals surface area contributed by atoms with Crippen molar-refractivity contribution in [2.24, 2.45) is 5.41 Å². The predicted octanol–water partition coefficient (Wildman–Crippen LogP) is 3.47. The second kappa shape index (κ2) is 4.76.